The number of hydrogen-bond acceptors (Lipinski definition) is 0. The smallest absolute Gasteiger partial charge is 0.155 e. The fourth-order valence-corrected chi connectivity index (χ4v) is 1.75. The van der Waals surface area contributed by atoms with Crippen molar-refractivity contribution >= 4 is 34.2 Å². The van der Waals surface area contributed by atoms with Gasteiger partial charge in [0.15, 0.2) is 5.82 Å². The van der Waals surface area contributed by atoms with Gasteiger partial charge < -0.3 is 0 Å². The third-order valence-corrected chi connectivity index (χ3v) is 2.74. The molecule has 0 saturated heterocycles. The molecule has 0 nitrogen and oxygen atoms in total. The lowest BCUT2D eigenvalue weighted by Gasteiger charge is -2.02. The van der Waals surface area contributed by atoms with E-state index >= 15 is 0 Å². The van der Waals surface area contributed by atoms with E-state index in [1.54, 1.807) is 6.07 Å². The van der Waals surface area contributed by atoms with Crippen LogP contribution in [0.15, 0.2) is 12.1 Å². The second-order valence-electron chi connectivity index (χ2n) is 2.19. The van der Waals surface area contributed by atoms with E-state index in [1.165, 1.54) is 0 Å². The van der Waals surface area contributed by atoms with Crippen molar-refractivity contribution in [1.82, 2.24) is 0 Å². The molecule has 11 heavy (non-hydrogen) atoms. The highest BCUT2D eigenvalue weighted by molar-refractivity contribution is 14.1. The van der Waals surface area contributed by atoms with Crippen LogP contribution in [0.3, 0.4) is 0 Å². The van der Waals surface area contributed by atoms with E-state index in [0.717, 1.165) is 12.0 Å². The summed E-state index contributed by atoms with van der Waals surface area (Å²) >= 11 is 7.64. The van der Waals surface area contributed by atoms with Crippen LogP contribution >= 0.6 is 34.2 Å². The Hall–Kier alpha value is 0.170. The summed E-state index contributed by atoms with van der Waals surface area (Å²) in [4.78, 5) is 0. The first-order chi connectivity index (χ1) is 5.16. The third kappa shape index (κ3) is 1.85. The summed E-state index contributed by atoms with van der Waals surface area (Å²) in [5.41, 5.74) is 0.865. The highest BCUT2D eigenvalue weighted by Crippen LogP contribution is 2.24. The largest absolute Gasteiger partial charge is 0.204 e. The molecule has 0 saturated carbocycles. The molecule has 0 fully saturated rings. The number of benzene rings is 1. The summed E-state index contributed by atoms with van der Waals surface area (Å²) in [6.45, 7) is 1.95. The van der Waals surface area contributed by atoms with Crippen LogP contribution in [0, 0.1) is 9.39 Å². The van der Waals surface area contributed by atoms with Gasteiger partial charge in [0.1, 0.15) is 0 Å². The first kappa shape index (κ1) is 9.26. The van der Waals surface area contributed by atoms with Crippen LogP contribution in [0.5, 0.6) is 0 Å². The molecule has 0 radical (unpaired) electrons. The molecule has 0 heterocycles. The number of rotatable bonds is 1. The van der Waals surface area contributed by atoms with Gasteiger partial charge >= 0.3 is 0 Å². The molecule has 0 aliphatic heterocycles. The molecule has 1 rings (SSSR count). The van der Waals surface area contributed by atoms with E-state index in [1.807, 2.05) is 35.6 Å². The quantitative estimate of drug-likeness (QED) is 0.545. The maximum absolute atomic E-state index is 13.0. The van der Waals surface area contributed by atoms with Crippen LogP contribution in [-0.2, 0) is 6.42 Å². The average molecular weight is 284 g/mol. The molecular formula is C8H7ClFI. The standard InChI is InChI=1S/C8H7ClFI/c1-2-5-3-4-6(11)8(10)7(5)9/h3-4H,2H2,1H3. The monoisotopic (exact) mass is 284 g/mol. The zero-order chi connectivity index (χ0) is 8.43. The Morgan fingerprint density at radius 2 is 2.18 bits per heavy atom. The molecule has 0 N–H and O–H groups in total. The first-order valence-corrected chi connectivity index (χ1v) is 4.75. The first-order valence-electron chi connectivity index (χ1n) is 3.29. The molecule has 0 amide bonds. The van der Waals surface area contributed by atoms with Gasteiger partial charge in [0.25, 0.3) is 0 Å². The number of aryl methyl sites for hydroxylation is 1. The Balaban J connectivity index is 3.25. The summed E-state index contributed by atoms with van der Waals surface area (Å²) in [5.74, 6) is -0.299. The number of hydrogen-bond donors (Lipinski definition) is 0. The molecule has 60 valence electrons. The summed E-state index contributed by atoms with van der Waals surface area (Å²) in [7, 11) is 0. The van der Waals surface area contributed by atoms with E-state index in [9.17, 15) is 4.39 Å². The van der Waals surface area contributed by atoms with Crippen LogP contribution in [0.25, 0.3) is 0 Å². The van der Waals surface area contributed by atoms with Crippen molar-refractivity contribution in [2.75, 3.05) is 0 Å². The molecule has 0 aliphatic rings. The normalized spacial score (nSPS) is 10.2. The van der Waals surface area contributed by atoms with Crippen LogP contribution < -0.4 is 0 Å². The lowest BCUT2D eigenvalue weighted by Crippen LogP contribution is -1.89. The Labute approximate surface area is 83.9 Å². The van der Waals surface area contributed by atoms with Gasteiger partial charge in [0.05, 0.1) is 8.59 Å². The van der Waals surface area contributed by atoms with Gasteiger partial charge in [0.2, 0.25) is 0 Å². The second kappa shape index (κ2) is 3.72. The maximum Gasteiger partial charge on any atom is 0.155 e. The summed E-state index contributed by atoms with van der Waals surface area (Å²) in [5, 5.41) is 0.263. The molecule has 1 aromatic carbocycles. The van der Waals surface area contributed by atoms with Crippen molar-refractivity contribution in [1.29, 1.82) is 0 Å². The lowest BCUT2D eigenvalue weighted by molar-refractivity contribution is 0.618. The molecule has 0 aliphatic carbocycles. The highest BCUT2D eigenvalue weighted by atomic mass is 127. The predicted molar refractivity (Wildman–Crippen MR) is 53.5 cm³/mol. The van der Waals surface area contributed by atoms with Gasteiger partial charge in [-0.25, -0.2) is 4.39 Å². The molecule has 0 spiro atoms. The molecule has 3 heteroatoms. The van der Waals surface area contributed by atoms with Crippen molar-refractivity contribution in [3.8, 4) is 0 Å². The fourth-order valence-electron chi connectivity index (χ4n) is 0.839. The minimum Gasteiger partial charge on any atom is -0.204 e. The van der Waals surface area contributed by atoms with Gasteiger partial charge in [-0.15, -0.1) is 0 Å². The van der Waals surface area contributed by atoms with Crippen molar-refractivity contribution in [2.24, 2.45) is 0 Å². The van der Waals surface area contributed by atoms with E-state index in [2.05, 4.69) is 0 Å². The van der Waals surface area contributed by atoms with Crippen molar-refractivity contribution < 1.29 is 4.39 Å². The average Bonchev–Trinajstić information content (AvgIpc) is 2.01. The third-order valence-electron chi connectivity index (χ3n) is 1.50. The van der Waals surface area contributed by atoms with Gasteiger partial charge in [0, 0.05) is 0 Å². The highest BCUT2D eigenvalue weighted by Gasteiger charge is 2.07. The second-order valence-corrected chi connectivity index (χ2v) is 3.73. The summed E-state index contributed by atoms with van der Waals surface area (Å²) in [6, 6.07) is 3.59. The lowest BCUT2D eigenvalue weighted by atomic mass is 10.2. The topological polar surface area (TPSA) is 0 Å². The van der Waals surface area contributed by atoms with Gasteiger partial charge in [-0.05, 0) is 40.6 Å². The zero-order valence-corrected chi connectivity index (χ0v) is 8.91. The Morgan fingerprint density at radius 1 is 1.55 bits per heavy atom. The Bertz CT molecular complexity index is 273. The SMILES string of the molecule is CCc1ccc(I)c(F)c1Cl. The molecule has 1 aromatic rings. The van der Waals surface area contributed by atoms with Gasteiger partial charge in [-0.2, -0.15) is 0 Å². The molecule has 0 bridgehead atoms. The van der Waals surface area contributed by atoms with Crippen molar-refractivity contribution in [3.05, 3.63) is 32.1 Å². The molecule has 0 atom stereocenters. The van der Waals surface area contributed by atoms with Crippen molar-refractivity contribution in [2.45, 2.75) is 13.3 Å². The van der Waals surface area contributed by atoms with Crippen LogP contribution in [0.4, 0.5) is 4.39 Å². The summed E-state index contributed by atoms with van der Waals surface area (Å²) in [6.07, 6.45) is 0.771. The minimum atomic E-state index is -0.299. The molecular weight excluding hydrogens is 277 g/mol. The maximum atomic E-state index is 13.0. The van der Waals surface area contributed by atoms with Crippen LogP contribution in [-0.4, -0.2) is 0 Å². The fraction of sp³-hybridized carbons (Fsp3) is 0.250. The van der Waals surface area contributed by atoms with Gasteiger partial charge in [-0.1, -0.05) is 24.6 Å². The van der Waals surface area contributed by atoms with Crippen LogP contribution in [0.1, 0.15) is 12.5 Å². The van der Waals surface area contributed by atoms with E-state index in [4.69, 9.17) is 11.6 Å². The molecule has 0 unspecified atom stereocenters. The van der Waals surface area contributed by atoms with E-state index in [0.29, 0.717) is 3.57 Å². The van der Waals surface area contributed by atoms with E-state index < -0.39 is 0 Å². The number of halogens is 3. The zero-order valence-electron chi connectivity index (χ0n) is 6.00. The predicted octanol–water partition coefficient (Wildman–Crippen LogP) is 3.65. The molecule has 0 aromatic heterocycles. The Morgan fingerprint density at radius 3 is 2.73 bits per heavy atom. The van der Waals surface area contributed by atoms with E-state index in [-0.39, 0.29) is 10.8 Å². The van der Waals surface area contributed by atoms with Crippen LogP contribution in [0.2, 0.25) is 5.02 Å². The summed E-state index contributed by atoms with van der Waals surface area (Å²) < 4.78 is 13.6. The Kier molecular flexibility index (Phi) is 3.13. The van der Waals surface area contributed by atoms with Crippen molar-refractivity contribution in [3.63, 3.8) is 0 Å². The van der Waals surface area contributed by atoms with Gasteiger partial charge in [-0.3, -0.25) is 0 Å². The minimum absolute atomic E-state index is 0.263.